The van der Waals surface area contributed by atoms with Gasteiger partial charge in [0.05, 0.1) is 17.4 Å². The normalized spacial score (nSPS) is 10.6. The SMILES string of the molecule is Brc1ccc(COc2cnc3ccccc3c2)nc1. The summed E-state index contributed by atoms with van der Waals surface area (Å²) in [5, 5.41) is 1.07. The van der Waals surface area contributed by atoms with Gasteiger partial charge in [0, 0.05) is 16.1 Å². The first-order valence-corrected chi connectivity index (χ1v) is 6.68. The molecule has 0 N–H and O–H groups in total. The zero-order valence-corrected chi connectivity index (χ0v) is 11.7. The summed E-state index contributed by atoms with van der Waals surface area (Å²) in [5.41, 5.74) is 1.85. The highest BCUT2D eigenvalue weighted by atomic mass is 79.9. The summed E-state index contributed by atoms with van der Waals surface area (Å²) in [4.78, 5) is 8.62. The minimum absolute atomic E-state index is 0.438. The van der Waals surface area contributed by atoms with Crippen molar-refractivity contribution < 1.29 is 4.74 Å². The van der Waals surface area contributed by atoms with Crippen molar-refractivity contribution in [1.82, 2.24) is 9.97 Å². The lowest BCUT2D eigenvalue weighted by atomic mass is 10.2. The van der Waals surface area contributed by atoms with E-state index in [1.54, 1.807) is 12.4 Å². The number of hydrogen-bond donors (Lipinski definition) is 0. The number of nitrogens with zero attached hydrogens (tertiary/aromatic N) is 2. The van der Waals surface area contributed by atoms with E-state index in [9.17, 15) is 0 Å². The number of halogens is 1. The summed E-state index contributed by atoms with van der Waals surface area (Å²) in [7, 11) is 0. The molecule has 3 aromatic rings. The van der Waals surface area contributed by atoms with Crippen LogP contribution in [0.4, 0.5) is 0 Å². The van der Waals surface area contributed by atoms with Gasteiger partial charge in [0.25, 0.3) is 0 Å². The van der Waals surface area contributed by atoms with Crippen LogP contribution in [0.5, 0.6) is 5.75 Å². The van der Waals surface area contributed by atoms with E-state index < -0.39 is 0 Å². The molecule has 0 aliphatic heterocycles. The molecule has 0 atom stereocenters. The van der Waals surface area contributed by atoms with Gasteiger partial charge < -0.3 is 4.74 Å². The smallest absolute Gasteiger partial charge is 0.138 e. The molecular formula is C15H11BrN2O. The Morgan fingerprint density at radius 1 is 1.00 bits per heavy atom. The molecule has 1 aromatic carbocycles. The minimum Gasteiger partial charge on any atom is -0.486 e. The zero-order valence-electron chi connectivity index (χ0n) is 10.1. The second kappa shape index (κ2) is 5.36. The number of fused-ring (bicyclic) bond motifs is 1. The Labute approximate surface area is 119 Å². The van der Waals surface area contributed by atoms with Gasteiger partial charge in [-0.05, 0) is 40.2 Å². The Balaban J connectivity index is 1.76. The Morgan fingerprint density at radius 3 is 2.74 bits per heavy atom. The van der Waals surface area contributed by atoms with Crippen molar-refractivity contribution in [2.75, 3.05) is 0 Å². The van der Waals surface area contributed by atoms with Crippen molar-refractivity contribution in [2.24, 2.45) is 0 Å². The molecule has 94 valence electrons. The molecule has 0 fully saturated rings. The molecule has 0 radical (unpaired) electrons. The van der Waals surface area contributed by atoms with Crippen LogP contribution in [0.25, 0.3) is 10.9 Å². The molecule has 4 heteroatoms. The topological polar surface area (TPSA) is 35.0 Å². The lowest BCUT2D eigenvalue weighted by Crippen LogP contribution is -1.98. The van der Waals surface area contributed by atoms with Crippen LogP contribution in [-0.2, 0) is 6.61 Å². The number of benzene rings is 1. The van der Waals surface area contributed by atoms with Crippen molar-refractivity contribution in [3.05, 3.63) is 65.0 Å². The van der Waals surface area contributed by atoms with E-state index in [-0.39, 0.29) is 0 Å². The van der Waals surface area contributed by atoms with Gasteiger partial charge >= 0.3 is 0 Å². The maximum absolute atomic E-state index is 5.70. The summed E-state index contributed by atoms with van der Waals surface area (Å²) in [6.07, 6.45) is 3.50. The van der Waals surface area contributed by atoms with Crippen LogP contribution < -0.4 is 4.74 Å². The summed E-state index contributed by atoms with van der Waals surface area (Å²) in [6, 6.07) is 13.8. The second-order valence-electron chi connectivity index (χ2n) is 4.12. The number of aromatic nitrogens is 2. The molecule has 0 spiro atoms. The monoisotopic (exact) mass is 314 g/mol. The third-order valence-electron chi connectivity index (χ3n) is 2.74. The summed E-state index contributed by atoms with van der Waals surface area (Å²) in [6.45, 7) is 0.438. The van der Waals surface area contributed by atoms with Crippen molar-refractivity contribution in [2.45, 2.75) is 6.61 Å². The lowest BCUT2D eigenvalue weighted by molar-refractivity contribution is 0.300. The van der Waals surface area contributed by atoms with Crippen LogP contribution in [0.3, 0.4) is 0 Å². The van der Waals surface area contributed by atoms with Crippen molar-refractivity contribution >= 4 is 26.8 Å². The predicted octanol–water partition coefficient (Wildman–Crippen LogP) is 3.97. The fourth-order valence-electron chi connectivity index (χ4n) is 1.78. The second-order valence-corrected chi connectivity index (χ2v) is 5.04. The van der Waals surface area contributed by atoms with Gasteiger partial charge in [-0.25, -0.2) is 0 Å². The van der Waals surface area contributed by atoms with Gasteiger partial charge in [-0.1, -0.05) is 18.2 Å². The molecular weight excluding hydrogens is 304 g/mol. The van der Waals surface area contributed by atoms with Gasteiger partial charge in [-0.2, -0.15) is 0 Å². The highest BCUT2D eigenvalue weighted by molar-refractivity contribution is 9.10. The lowest BCUT2D eigenvalue weighted by Gasteiger charge is -2.06. The third kappa shape index (κ3) is 2.90. The summed E-state index contributed by atoms with van der Waals surface area (Å²) in [5.74, 6) is 0.753. The molecule has 2 aromatic heterocycles. The van der Waals surface area contributed by atoms with Crippen molar-refractivity contribution in [3.63, 3.8) is 0 Å². The van der Waals surface area contributed by atoms with Crippen LogP contribution in [-0.4, -0.2) is 9.97 Å². The maximum atomic E-state index is 5.70. The zero-order chi connectivity index (χ0) is 13.1. The van der Waals surface area contributed by atoms with Gasteiger partial charge in [-0.15, -0.1) is 0 Å². The van der Waals surface area contributed by atoms with E-state index in [0.717, 1.165) is 26.8 Å². The average molecular weight is 315 g/mol. The quantitative estimate of drug-likeness (QED) is 0.733. The van der Waals surface area contributed by atoms with Crippen LogP contribution in [0.2, 0.25) is 0 Å². The fraction of sp³-hybridized carbons (Fsp3) is 0.0667. The minimum atomic E-state index is 0.438. The van der Waals surface area contributed by atoms with E-state index in [1.807, 2.05) is 42.5 Å². The van der Waals surface area contributed by atoms with Gasteiger partial charge in [0.1, 0.15) is 12.4 Å². The number of ether oxygens (including phenoxy) is 1. The number of pyridine rings is 2. The van der Waals surface area contributed by atoms with E-state index >= 15 is 0 Å². The first kappa shape index (κ1) is 12.1. The van der Waals surface area contributed by atoms with Crippen LogP contribution >= 0.6 is 15.9 Å². The largest absolute Gasteiger partial charge is 0.486 e. The third-order valence-corrected chi connectivity index (χ3v) is 3.21. The van der Waals surface area contributed by atoms with E-state index in [4.69, 9.17) is 4.74 Å². The number of hydrogen-bond acceptors (Lipinski definition) is 3. The average Bonchev–Trinajstić information content (AvgIpc) is 2.46. The fourth-order valence-corrected chi connectivity index (χ4v) is 2.01. The standard InChI is InChI=1S/C15H11BrN2O/c16-12-5-6-13(17-8-12)10-19-14-7-11-3-1-2-4-15(11)18-9-14/h1-9H,10H2. The first-order chi connectivity index (χ1) is 9.31. The van der Waals surface area contributed by atoms with Gasteiger partial charge in [-0.3, -0.25) is 9.97 Å². The predicted molar refractivity (Wildman–Crippen MR) is 78.0 cm³/mol. The molecule has 0 saturated heterocycles. The summed E-state index contributed by atoms with van der Waals surface area (Å²) < 4.78 is 6.66. The van der Waals surface area contributed by atoms with Crippen LogP contribution in [0.1, 0.15) is 5.69 Å². The Kier molecular flexibility index (Phi) is 3.42. The van der Waals surface area contributed by atoms with Crippen LogP contribution in [0, 0.1) is 0 Å². The molecule has 3 nitrogen and oxygen atoms in total. The first-order valence-electron chi connectivity index (χ1n) is 5.89. The molecule has 0 unspecified atom stereocenters. The highest BCUT2D eigenvalue weighted by Crippen LogP contribution is 2.18. The number of rotatable bonds is 3. The van der Waals surface area contributed by atoms with Crippen molar-refractivity contribution in [3.8, 4) is 5.75 Å². The molecule has 0 saturated carbocycles. The van der Waals surface area contributed by atoms with Crippen molar-refractivity contribution in [1.29, 1.82) is 0 Å². The maximum Gasteiger partial charge on any atom is 0.138 e. The van der Waals surface area contributed by atoms with Gasteiger partial charge in [0.2, 0.25) is 0 Å². The van der Waals surface area contributed by atoms with Gasteiger partial charge in [0.15, 0.2) is 0 Å². The molecule has 0 aliphatic rings. The Morgan fingerprint density at radius 2 is 1.89 bits per heavy atom. The highest BCUT2D eigenvalue weighted by Gasteiger charge is 2.00. The Hall–Kier alpha value is -1.94. The van der Waals surface area contributed by atoms with Crippen LogP contribution in [0.15, 0.2) is 59.3 Å². The molecule has 19 heavy (non-hydrogen) atoms. The van der Waals surface area contributed by atoms with E-state index in [2.05, 4.69) is 25.9 Å². The Bertz CT molecular complexity index is 698. The molecule has 0 amide bonds. The molecule has 0 aliphatic carbocycles. The molecule has 3 rings (SSSR count). The summed E-state index contributed by atoms with van der Waals surface area (Å²) >= 11 is 3.36. The number of para-hydroxylation sites is 1. The van der Waals surface area contributed by atoms with E-state index in [1.165, 1.54) is 0 Å². The molecule has 0 bridgehead atoms. The molecule has 2 heterocycles. The van der Waals surface area contributed by atoms with E-state index in [0.29, 0.717) is 6.61 Å².